The number of aromatic nitrogens is 1. The smallest absolute Gasteiger partial charge is 0.161 e. The molecule has 28 heavy (non-hydrogen) atoms. The fourth-order valence-electron chi connectivity index (χ4n) is 4.38. The highest BCUT2D eigenvalue weighted by Crippen LogP contribution is 2.43. The van der Waals surface area contributed by atoms with Crippen molar-refractivity contribution in [1.29, 1.82) is 0 Å². The molecule has 1 fully saturated rings. The van der Waals surface area contributed by atoms with Crippen LogP contribution in [0.15, 0.2) is 35.6 Å². The lowest BCUT2D eigenvalue weighted by Gasteiger charge is -2.43. The molecule has 0 radical (unpaired) electrons. The molecule has 2 atom stereocenters. The predicted octanol–water partition coefficient (Wildman–Crippen LogP) is 2.51. The van der Waals surface area contributed by atoms with E-state index in [0.29, 0.717) is 17.9 Å². The fraction of sp³-hybridized carbons (Fsp3) is 0.429. The first-order chi connectivity index (χ1) is 13.7. The summed E-state index contributed by atoms with van der Waals surface area (Å²) in [5.41, 5.74) is 4.79. The molecule has 4 rings (SSSR count). The van der Waals surface area contributed by atoms with Crippen molar-refractivity contribution in [3.05, 3.63) is 52.8 Å². The lowest BCUT2D eigenvalue weighted by molar-refractivity contribution is 0.165. The van der Waals surface area contributed by atoms with E-state index < -0.39 is 0 Å². The van der Waals surface area contributed by atoms with Crippen molar-refractivity contribution < 1.29 is 19.8 Å². The Morgan fingerprint density at radius 3 is 2.71 bits per heavy atom. The number of ether oxygens (including phenoxy) is 2. The van der Waals surface area contributed by atoms with Crippen LogP contribution in [0.2, 0.25) is 0 Å². The molecular formula is C21H25N3O4. The molecular weight excluding hydrogens is 358 g/mol. The Balaban J connectivity index is 1.68. The second-order valence-electron chi connectivity index (χ2n) is 7.26. The molecule has 0 bridgehead atoms. The lowest BCUT2D eigenvalue weighted by atomic mass is 9.80. The van der Waals surface area contributed by atoms with E-state index in [4.69, 9.17) is 9.47 Å². The maximum atomic E-state index is 9.72. The zero-order valence-corrected chi connectivity index (χ0v) is 16.1. The Morgan fingerprint density at radius 1 is 1.21 bits per heavy atom. The zero-order chi connectivity index (χ0) is 19.7. The van der Waals surface area contributed by atoms with Gasteiger partial charge in [0.25, 0.3) is 0 Å². The van der Waals surface area contributed by atoms with Gasteiger partial charge in [-0.3, -0.25) is 9.88 Å². The molecule has 2 unspecified atom stereocenters. The second kappa shape index (κ2) is 7.77. The van der Waals surface area contributed by atoms with Crippen LogP contribution < -0.4 is 9.47 Å². The van der Waals surface area contributed by atoms with Gasteiger partial charge in [-0.05, 0) is 47.4 Å². The van der Waals surface area contributed by atoms with Gasteiger partial charge >= 0.3 is 0 Å². The van der Waals surface area contributed by atoms with E-state index >= 15 is 0 Å². The number of aliphatic hydroxyl groups excluding tert-OH is 1. The number of hydrogen-bond acceptors (Lipinski definition) is 7. The van der Waals surface area contributed by atoms with Crippen molar-refractivity contribution in [2.75, 3.05) is 27.3 Å². The Kier molecular flexibility index (Phi) is 5.19. The van der Waals surface area contributed by atoms with Gasteiger partial charge in [-0.2, -0.15) is 0 Å². The molecule has 1 aromatic heterocycles. The molecule has 0 amide bonds. The predicted molar refractivity (Wildman–Crippen MR) is 104 cm³/mol. The molecule has 0 saturated carbocycles. The van der Waals surface area contributed by atoms with E-state index in [1.54, 1.807) is 26.5 Å². The maximum absolute atomic E-state index is 9.72. The minimum absolute atomic E-state index is 0.0326. The number of methoxy groups -OCH3 is 2. The third-order valence-electron chi connectivity index (χ3n) is 5.85. The molecule has 0 spiro atoms. The summed E-state index contributed by atoms with van der Waals surface area (Å²) in [5.74, 6) is 1.36. The number of aliphatic hydroxyl groups is 1. The van der Waals surface area contributed by atoms with E-state index in [9.17, 15) is 10.3 Å². The van der Waals surface area contributed by atoms with Crippen molar-refractivity contribution in [3.8, 4) is 11.5 Å². The van der Waals surface area contributed by atoms with Crippen LogP contribution in [0, 0.1) is 0 Å². The number of rotatable bonds is 4. The number of oxime groups is 1. The van der Waals surface area contributed by atoms with Gasteiger partial charge in [0.2, 0.25) is 0 Å². The van der Waals surface area contributed by atoms with Gasteiger partial charge in [-0.1, -0.05) is 5.16 Å². The van der Waals surface area contributed by atoms with Crippen LogP contribution in [0.1, 0.15) is 40.8 Å². The molecule has 148 valence electrons. The van der Waals surface area contributed by atoms with E-state index in [2.05, 4.69) is 21.1 Å². The van der Waals surface area contributed by atoms with Crippen molar-refractivity contribution in [1.82, 2.24) is 9.88 Å². The summed E-state index contributed by atoms with van der Waals surface area (Å²) in [4.78, 5) is 6.89. The quantitative estimate of drug-likeness (QED) is 0.623. The molecule has 2 aliphatic heterocycles. The van der Waals surface area contributed by atoms with Gasteiger partial charge < -0.3 is 19.8 Å². The monoisotopic (exact) mass is 383 g/mol. The first-order valence-electron chi connectivity index (χ1n) is 9.43. The Hall–Kier alpha value is -2.64. The first-order valence-corrected chi connectivity index (χ1v) is 9.43. The minimum atomic E-state index is -0.0885. The summed E-state index contributed by atoms with van der Waals surface area (Å²) in [6.07, 6.45) is 3.24. The first kappa shape index (κ1) is 18.7. The highest BCUT2D eigenvalue weighted by atomic mass is 16.5. The average molecular weight is 383 g/mol. The van der Waals surface area contributed by atoms with Crippen molar-refractivity contribution in [2.45, 2.75) is 31.4 Å². The van der Waals surface area contributed by atoms with Crippen LogP contribution in [0.25, 0.3) is 0 Å². The lowest BCUT2D eigenvalue weighted by Crippen LogP contribution is -2.45. The summed E-state index contributed by atoms with van der Waals surface area (Å²) in [6, 6.07) is 7.92. The average Bonchev–Trinajstić information content (AvgIpc) is 2.76. The van der Waals surface area contributed by atoms with E-state index in [1.807, 2.05) is 12.1 Å². The summed E-state index contributed by atoms with van der Waals surface area (Å²) in [7, 11) is 3.29. The van der Waals surface area contributed by atoms with Crippen LogP contribution in [-0.4, -0.2) is 53.2 Å². The zero-order valence-electron chi connectivity index (χ0n) is 16.1. The summed E-state index contributed by atoms with van der Waals surface area (Å²) >= 11 is 0. The van der Waals surface area contributed by atoms with Crippen molar-refractivity contribution in [2.24, 2.45) is 5.16 Å². The number of nitrogens with zero attached hydrogens (tertiary/aromatic N) is 3. The number of piperidine rings is 1. The molecule has 7 heteroatoms. The Bertz CT molecular complexity index is 899. The van der Waals surface area contributed by atoms with Crippen molar-refractivity contribution >= 4 is 5.71 Å². The van der Waals surface area contributed by atoms with Crippen LogP contribution in [0.4, 0.5) is 0 Å². The molecule has 2 aliphatic rings. The van der Waals surface area contributed by atoms with E-state index in [-0.39, 0.29) is 18.6 Å². The minimum Gasteiger partial charge on any atom is -0.493 e. The van der Waals surface area contributed by atoms with Gasteiger partial charge in [0.05, 0.1) is 38.1 Å². The normalized spacial score (nSPS) is 23.2. The number of hydrogen-bond donors (Lipinski definition) is 2. The summed E-state index contributed by atoms with van der Waals surface area (Å²) in [6.45, 7) is 1.61. The Morgan fingerprint density at radius 2 is 2.00 bits per heavy atom. The molecule has 1 aromatic carbocycles. The van der Waals surface area contributed by atoms with E-state index in [1.165, 1.54) is 11.1 Å². The van der Waals surface area contributed by atoms with Gasteiger partial charge in [-0.25, -0.2) is 0 Å². The van der Waals surface area contributed by atoms with Gasteiger partial charge in [-0.15, -0.1) is 0 Å². The molecule has 1 saturated heterocycles. The third-order valence-corrected chi connectivity index (χ3v) is 5.85. The highest BCUT2D eigenvalue weighted by Gasteiger charge is 2.39. The molecule has 3 heterocycles. The van der Waals surface area contributed by atoms with Crippen molar-refractivity contribution in [3.63, 3.8) is 0 Å². The third kappa shape index (κ3) is 3.21. The molecule has 0 aliphatic carbocycles. The van der Waals surface area contributed by atoms with Crippen LogP contribution >= 0.6 is 0 Å². The highest BCUT2D eigenvalue weighted by molar-refractivity contribution is 5.92. The number of fused-ring (bicyclic) bond motifs is 3. The standard InChI is InChI=1S/C21H25N3O4/c1-27-20-8-14-4-6-24-11-16(17-7-13(12-25)3-5-22-17)18(23-26)10-19(24)15(14)9-21(20)28-2/h3,5,7-9,16,19,25-26H,4,6,10-12H2,1-2H3. The Labute approximate surface area is 164 Å². The summed E-state index contributed by atoms with van der Waals surface area (Å²) in [5, 5.41) is 22.8. The molecule has 2 N–H and O–H groups in total. The molecule has 7 nitrogen and oxygen atoms in total. The topological polar surface area (TPSA) is 87.4 Å². The number of benzene rings is 1. The van der Waals surface area contributed by atoms with Gasteiger partial charge in [0, 0.05) is 31.7 Å². The largest absolute Gasteiger partial charge is 0.493 e. The van der Waals surface area contributed by atoms with Crippen LogP contribution in [0.3, 0.4) is 0 Å². The van der Waals surface area contributed by atoms with E-state index in [0.717, 1.165) is 36.5 Å². The fourth-order valence-corrected chi connectivity index (χ4v) is 4.38. The van der Waals surface area contributed by atoms with Gasteiger partial charge in [0.15, 0.2) is 11.5 Å². The van der Waals surface area contributed by atoms with Crippen LogP contribution in [-0.2, 0) is 13.0 Å². The maximum Gasteiger partial charge on any atom is 0.161 e. The van der Waals surface area contributed by atoms with Crippen LogP contribution in [0.5, 0.6) is 11.5 Å². The molecule has 2 aromatic rings. The summed E-state index contributed by atoms with van der Waals surface area (Å²) < 4.78 is 10.9. The van der Waals surface area contributed by atoms with Gasteiger partial charge in [0.1, 0.15) is 0 Å². The SMILES string of the molecule is COc1cc2c(cc1OC)C1CC(=NO)C(c3cc(CO)ccn3)CN1CC2. The second-order valence-corrected chi connectivity index (χ2v) is 7.26. The number of pyridine rings is 1.